The number of hydrogen-bond donors (Lipinski definition) is 3. The fourth-order valence-electron chi connectivity index (χ4n) is 3.87. The molecule has 1 amide bonds. The Kier molecular flexibility index (Phi) is 4.29. The van der Waals surface area contributed by atoms with E-state index in [-0.39, 0.29) is 5.56 Å². The van der Waals surface area contributed by atoms with Gasteiger partial charge in [-0.2, -0.15) is 0 Å². The number of amides is 1. The lowest BCUT2D eigenvalue weighted by Gasteiger charge is -2.07. The molecule has 0 atom stereocenters. The second-order valence-corrected chi connectivity index (χ2v) is 7.41. The summed E-state index contributed by atoms with van der Waals surface area (Å²) in [6.45, 7) is 0. The second-order valence-electron chi connectivity index (χ2n) is 7.41. The summed E-state index contributed by atoms with van der Waals surface area (Å²) < 4.78 is 1.58. The number of carbonyl (C=O) groups is 1. The average Bonchev–Trinajstić information content (AvgIpc) is 3.42. The smallest absolute Gasteiger partial charge is 0.274 e. The van der Waals surface area contributed by atoms with Crippen LogP contribution in [0.5, 0.6) is 0 Å². The Hall–Kier alpha value is -4.39. The van der Waals surface area contributed by atoms with Crippen molar-refractivity contribution in [2.45, 2.75) is 0 Å². The molecule has 5 aromatic rings. The zero-order valence-electron chi connectivity index (χ0n) is 16.7. The lowest BCUT2D eigenvalue weighted by Crippen LogP contribution is -2.16. The van der Waals surface area contributed by atoms with E-state index in [4.69, 9.17) is 5.73 Å². The van der Waals surface area contributed by atoms with Crippen LogP contribution in [0.3, 0.4) is 0 Å². The molecule has 31 heavy (non-hydrogen) atoms. The van der Waals surface area contributed by atoms with E-state index in [9.17, 15) is 9.59 Å². The van der Waals surface area contributed by atoms with E-state index in [0.717, 1.165) is 44.2 Å². The van der Waals surface area contributed by atoms with Crippen molar-refractivity contribution in [2.75, 3.05) is 0 Å². The SMILES string of the molecule is Cn1cc(-c2c[nH]c3ncc(-c4cccc(C=CC(N)=O)c4)cc23)c2cc[nH]c2c1=O. The average molecular weight is 409 g/mol. The Morgan fingerprint density at radius 1 is 1.10 bits per heavy atom. The Morgan fingerprint density at radius 2 is 1.97 bits per heavy atom. The number of aryl methyl sites for hydroxylation is 1. The van der Waals surface area contributed by atoms with Gasteiger partial charge in [0.2, 0.25) is 5.91 Å². The van der Waals surface area contributed by atoms with Gasteiger partial charge >= 0.3 is 0 Å². The number of hydrogen-bond acceptors (Lipinski definition) is 3. The van der Waals surface area contributed by atoms with E-state index in [0.29, 0.717) is 5.52 Å². The van der Waals surface area contributed by atoms with Crippen LogP contribution in [0.15, 0.2) is 72.1 Å². The van der Waals surface area contributed by atoms with Crippen molar-refractivity contribution in [3.63, 3.8) is 0 Å². The summed E-state index contributed by atoms with van der Waals surface area (Å²) >= 11 is 0. The zero-order valence-corrected chi connectivity index (χ0v) is 16.7. The number of carbonyl (C=O) groups excluding carboxylic acids is 1. The number of nitrogens with two attached hydrogens (primary N) is 1. The summed E-state index contributed by atoms with van der Waals surface area (Å²) in [5, 5.41) is 1.82. The Morgan fingerprint density at radius 3 is 2.81 bits per heavy atom. The molecule has 0 saturated carbocycles. The number of fused-ring (bicyclic) bond motifs is 2. The van der Waals surface area contributed by atoms with Crippen molar-refractivity contribution in [2.24, 2.45) is 12.8 Å². The maximum Gasteiger partial charge on any atom is 0.274 e. The highest BCUT2D eigenvalue weighted by molar-refractivity contribution is 6.04. The first kappa shape index (κ1) is 18.6. The van der Waals surface area contributed by atoms with E-state index in [2.05, 4.69) is 21.0 Å². The van der Waals surface area contributed by atoms with Gasteiger partial charge in [0.1, 0.15) is 11.2 Å². The minimum atomic E-state index is -0.487. The number of nitrogens with zero attached hydrogens (tertiary/aromatic N) is 2. The maximum atomic E-state index is 12.4. The molecule has 7 heteroatoms. The van der Waals surface area contributed by atoms with Crippen molar-refractivity contribution in [1.82, 2.24) is 19.5 Å². The molecule has 0 saturated heterocycles. The summed E-state index contributed by atoms with van der Waals surface area (Å²) in [5.41, 5.74) is 11.2. The highest BCUT2D eigenvalue weighted by Gasteiger charge is 2.15. The first-order valence-corrected chi connectivity index (χ1v) is 9.73. The number of rotatable bonds is 4. The predicted molar refractivity (Wildman–Crippen MR) is 122 cm³/mol. The molecule has 4 heterocycles. The van der Waals surface area contributed by atoms with Crippen molar-refractivity contribution in [3.05, 3.63) is 83.2 Å². The topological polar surface area (TPSA) is 110 Å². The summed E-state index contributed by atoms with van der Waals surface area (Å²) in [7, 11) is 1.75. The third-order valence-corrected chi connectivity index (χ3v) is 5.38. The van der Waals surface area contributed by atoms with E-state index >= 15 is 0 Å². The van der Waals surface area contributed by atoms with Crippen LogP contribution in [-0.2, 0) is 11.8 Å². The van der Waals surface area contributed by atoms with E-state index < -0.39 is 5.91 Å². The first-order chi connectivity index (χ1) is 15.0. The fraction of sp³-hybridized carbons (Fsp3) is 0.0417. The van der Waals surface area contributed by atoms with Crippen LogP contribution in [0.4, 0.5) is 0 Å². The van der Waals surface area contributed by atoms with Crippen LogP contribution in [0.2, 0.25) is 0 Å². The van der Waals surface area contributed by atoms with Gasteiger partial charge in [-0.15, -0.1) is 0 Å². The maximum absolute atomic E-state index is 12.4. The number of primary amides is 1. The van der Waals surface area contributed by atoms with Gasteiger partial charge in [0, 0.05) is 65.4 Å². The largest absolute Gasteiger partial charge is 0.366 e. The molecule has 4 N–H and O–H groups in total. The molecule has 7 nitrogen and oxygen atoms in total. The lowest BCUT2D eigenvalue weighted by molar-refractivity contribution is -0.113. The molecular weight excluding hydrogens is 390 g/mol. The van der Waals surface area contributed by atoms with Crippen molar-refractivity contribution in [1.29, 1.82) is 0 Å². The summed E-state index contributed by atoms with van der Waals surface area (Å²) in [6.07, 6.45) is 10.4. The van der Waals surface area contributed by atoms with E-state index in [1.165, 1.54) is 6.08 Å². The number of aromatic amines is 2. The third kappa shape index (κ3) is 3.22. The van der Waals surface area contributed by atoms with Crippen LogP contribution in [0, 0.1) is 0 Å². The van der Waals surface area contributed by atoms with Gasteiger partial charge in [0.15, 0.2) is 0 Å². The van der Waals surface area contributed by atoms with Crippen LogP contribution in [-0.4, -0.2) is 25.4 Å². The molecule has 0 spiro atoms. The van der Waals surface area contributed by atoms with Crippen LogP contribution < -0.4 is 11.3 Å². The molecule has 0 bridgehead atoms. The van der Waals surface area contributed by atoms with Crippen molar-refractivity contribution < 1.29 is 4.79 Å². The van der Waals surface area contributed by atoms with Crippen molar-refractivity contribution in [3.8, 4) is 22.3 Å². The highest BCUT2D eigenvalue weighted by atomic mass is 16.1. The summed E-state index contributed by atoms with van der Waals surface area (Å²) in [6, 6.07) is 11.8. The highest BCUT2D eigenvalue weighted by Crippen LogP contribution is 2.34. The molecule has 0 fully saturated rings. The zero-order chi connectivity index (χ0) is 21.5. The van der Waals surface area contributed by atoms with Gasteiger partial charge in [0.05, 0.1) is 0 Å². The molecule has 152 valence electrons. The normalized spacial score (nSPS) is 11.6. The number of benzene rings is 1. The monoisotopic (exact) mass is 409 g/mol. The minimum absolute atomic E-state index is 0.0664. The minimum Gasteiger partial charge on any atom is -0.366 e. The van der Waals surface area contributed by atoms with Gasteiger partial charge in [0.25, 0.3) is 5.56 Å². The van der Waals surface area contributed by atoms with Gasteiger partial charge in [-0.25, -0.2) is 4.98 Å². The molecule has 0 aliphatic heterocycles. The van der Waals surface area contributed by atoms with Crippen LogP contribution in [0.25, 0.3) is 50.3 Å². The van der Waals surface area contributed by atoms with Gasteiger partial charge < -0.3 is 20.3 Å². The van der Waals surface area contributed by atoms with E-state index in [1.54, 1.807) is 23.9 Å². The summed E-state index contributed by atoms with van der Waals surface area (Å²) in [4.78, 5) is 34.3. The van der Waals surface area contributed by atoms with E-state index in [1.807, 2.05) is 48.9 Å². The second kappa shape index (κ2) is 7.14. The van der Waals surface area contributed by atoms with Crippen LogP contribution >= 0.6 is 0 Å². The molecule has 1 aromatic carbocycles. The quantitative estimate of drug-likeness (QED) is 0.395. The third-order valence-electron chi connectivity index (χ3n) is 5.38. The Labute approximate surface area is 176 Å². The Balaban J connectivity index is 1.67. The summed E-state index contributed by atoms with van der Waals surface area (Å²) in [5.74, 6) is -0.487. The molecule has 0 radical (unpaired) electrons. The molecule has 4 aromatic heterocycles. The molecule has 5 rings (SSSR count). The lowest BCUT2D eigenvalue weighted by atomic mass is 10.00. The van der Waals surface area contributed by atoms with Crippen molar-refractivity contribution >= 4 is 33.9 Å². The number of H-pyrrole nitrogens is 2. The molecule has 0 aliphatic rings. The van der Waals surface area contributed by atoms with Gasteiger partial charge in [-0.05, 0) is 35.4 Å². The number of nitrogens with one attached hydrogen (secondary N) is 2. The fourth-order valence-corrected chi connectivity index (χ4v) is 3.87. The number of aromatic nitrogens is 4. The Bertz CT molecular complexity index is 1550. The molecular formula is C24H19N5O2. The van der Waals surface area contributed by atoms with Gasteiger partial charge in [-0.3, -0.25) is 9.59 Å². The van der Waals surface area contributed by atoms with Gasteiger partial charge in [-0.1, -0.05) is 18.2 Å². The van der Waals surface area contributed by atoms with Crippen LogP contribution in [0.1, 0.15) is 5.56 Å². The predicted octanol–water partition coefficient (Wildman–Crippen LogP) is 3.58. The standard InChI is InChI=1S/C24H19N5O2/c1-29-13-20(17-7-8-26-22(17)24(29)31)19-12-28-23-18(19)10-16(11-27-23)15-4-2-3-14(9-15)5-6-21(25)30/h2-13,26H,1H3,(H2,25,30)(H,27,28). The molecule has 0 unspecified atom stereocenters. The molecule has 0 aliphatic carbocycles. The number of pyridine rings is 2. The first-order valence-electron chi connectivity index (χ1n) is 9.73.